The maximum atomic E-state index is 12.6. The molecular formula is C15H15Cl2NO4. The first-order valence-corrected chi connectivity index (χ1v) is 7.80. The van der Waals surface area contributed by atoms with Gasteiger partial charge in [0, 0.05) is 22.5 Å². The number of carbonyl (C=O) groups is 2. The molecule has 0 bridgehead atoms. The van der Waals surface area contributed by atoms with Gasteiger partial charge in [0.2, 0.25) is 5.91 Å². The number of benzene rings is 1. The van der Waals surface area contributed by atoms with Crippen LogP contribution in [-0.4, -0.2) is 47.7 Å². The van der Waals surface area contributed by atoms with E-state index in [1.807, 2.05) is 0 Å². The molecule has 2 aliphatic rings. The number of hydrogen-bond acceptors (Lipinski definition) is 3. The summed E-state index contributed by atoms with van der Waals surface area (Å²) in [6.07, 6.45) is 0.694. The SMILES string of the molecule is O=C(O)[C@@H]1COCCN1C(=O)[C@H]1C[C@H]1c1cc(Cl)cc(Cl)c1. The van der Waals surface area contributed by atoms with Crippen molar-refractivity contribution in [2.45, 2.75) is 18.4 Å². The average Bonchev–Trinajstić information content (AvgIpc) is 3.26. The van der Waals surface area contributed by atoms with Crippen LogP contribution in [0.2, 0.25) is 10.0 Å². The van der Waals surface area contributed by atoms with Crippen molar-refractivity contribution in [3.8, 4) is 0 Å². The van der Waals surface area contributed by atoms with Crippen molar-refractivity contribution in [2.75, 3.05) is 19.8 Å². The van der Waals surface area contributed by atoms with E-state index >= 15 is 0 Å². The second kappa shape index (κ2) is 6.07. The number of carbonyl (C=O) groups excluding carboxylic acids is 1. The van der Waals surface area contributed by atoms with Gasteiger partial charge in [0.05, 0.1) is 13.2 Å². The molecule has 118 valence electrons. The van der Waals surface area contributed by atoms with Crippen molar-refractivity contribution in [1.29, 1.82) is 0 Å². The van der Waals surface area contributed by atoms with E-state index in [0.29, 0.717) is 29.6 Å². The Bertz CT molecular complexity index is 601. The molecule has 1 N–H and O–H groups in total. The summed E-state index contributed by atoms with van der Waals surface area (Å²) in [4.78, 5) is 25.2. The van der Waals surface area contributed by atoms with E-state index in [2.05, 4.69) is 0 Å². The summed E-state index contributed by atoms with van der Waals surface area (Å²) in [5.74, 6) is -1.30. The highest BCUT2D eigenvalue weighted by molar-refractivity contribution is 6.34. The van der Waals surface area contributed by atoms with Crippen molar-refractivity contribution in [2.24, 2.45) is 5.92 Å². The van der Waals surface area contributed by atoms with Gasteiger partial charge in [0.1, 0.15) is 0 Å². The van der Waals surface area contributed by atoms with Gasteiger partial charge in [-0.3, -0.25) is 4.79 Å². The lowest BCUT2D eigenvalue weighted by Crippen LogP contribution is -2.53. The van der Waals surface area contributed by atoms with Crippen LogP contribution < -0.4 is 0 Å². The maximum absolute atomic E-state index is 12.6. The van der Waals surface area contributed by atoms with E-state index < -0.39 is 12.0 Å². The highest BCUT2D eigenvalue weighted by Gasteiger charge is 2.48. The number of carboxylic acids is 1. The first-order valence-electron chi connectivity index (χ1n) is 7.04. The number of halogens is 2. The van der Waals surface area contributed by atoms with Gasteiger partial charge in [-0.05, 0) is 36.1 Å². The summed E-state index contributed by atoms with van der Waals surface area (Å²) >= 11 is 12.0. The van der Waals surface area contributed by atoms with Crippen LogP contribution >= 0.6 is 23.2 Å². The Morgan fingerprint density at radius 3 is 2.55 bits per heavy atom. The molecule has 1 aliphatic carbocycles. The summed E-state index contributed by atoms with van der Waals surface area (Å²) in [6.45, 7) is 0.729. The van der Waals surface area contributed by atoms with Crippen molar-refractivity contribution in [3.63, 3.8) is 0 Å². The summed E-state index contributed by atoms with van der Waals surface area (Å²) in [5, 5.41) is 10.3. The van der Waals surface area contributed by atoms with Crippen LogP contribution in [-0.2, 0) is 14.3 Å². The molecule has 5 nitrogen and oxygen atoms in total. The van der Waals surface area contributed by atoms with Crippen LogP contribution in [0.1, 0.15) is 17.9 Å². The third-order valence-corrected chi connectivity index (χ3v) is 4.55. The smallest absolute Gasteiger partial charge is 0.328 e. The Labute approximate surface area is 137 Å². The fourth-order valence-electron chi connectivity index (χ4n) is 2.91. The Hall–Kier alpha value is -1.30. The number of amides is 1. The molecule has 1 saturated carbocycles. The van der Waals surface area contributed by atoms with Crippen molar-refractivity contribution < 1.29 is 19.4 Å². The zero-order valence-corrected chi connectivity index (χ0v) is 13.2. The lowest BCUT2D eigenvalue weighted by atomic mass is 10.1. The van der Waals surface area contributed by atoms with E-state index in [1.54, 1.807) is 18.2 Å². The molecule has 1 saturated heterocycles. The second-order valence-electron chi connectivity index (χ2n) is 5.61. The first kappa shape index (κ1) is 15.6. The van der Waals surface area contributed by atoms with Gasteiger partial charge in [-0.25, -0.2) is 4.79 Å². The van der Waals surface area contributed by atoms with Crippen LogP contribution in [0.15, 0.2) is 18.2 Å². The zero-order chi connectivity index (χ0) is 15.9. The minimum absolute atomic E-state index is 0.0431. The average molecular weight is 344 g/mol. The number of hydrogen-bond donors (Lipinski definition) is 1. The van der Waals surface area contributed by atoms with Gasteiger partial charge in [0.15, 0.2) is 6.04 Å². The fourth-order valence-corrected chi connectivity index (χ4v) is 3.45. The maximum Gasteiger partial charge on any atom is 0.328 e. The second-order valence-corrected chi connectivity index (χ2v) is 6.48. The standard InChI is InChI=1S/C15H15Cl2NO4/c16-9-3-8(4-10(17)5-9)11-6-12(11)14(19)18-1-2-22-7-13(18)15(20)21/h3-5,11-13H,1-2,6-7H2,(H,20,21)/t11-,12-,13-/m0/s1. The molecule has 0 unspecified atom stereocenters. The number of carboxylic acid groups (broad SMARTS) is 1. The summed E-state index contributed by atoms with van der Waals surface area (Å²) in [5.41, 5.74) is 0.927. The minimum Gasteiger partial charge on any atom is -0.480 e. The van der Waals surface area contributed by atoms with Gasteiger partial charge < -0.3 is 14.7 Å². The monoisotopic (exact) mass is 343 g/mol. The number of morpholine rings is 1. The Kier molecular flexibility index (Phi) is 4.30. The summed E-state index contributed by atoms with van der Waals surface area (Å²) < 4.78 is 5.16. The molecule has 7 heteroatoms. The molecule has 22 heavy (non-hydrogen) atoms. The molecule has 0 aromatic heterocycles. The van der Waals surface area contributed by atoms with E-state index in [0.717, 1.165) is 5.56 Å². The number of ether oxygens (including phenoxy) is 1. The first-order chi connectivity index (χ1) is 10.5. The van der Waals surface area contributed by atoms with E-state index in [9.17, 15) is 14.7 Å². The Balaban J connectivity index is 1.73. The van der Waals surface area contributed by atoms with E-state index in [-0.39, 0.29) is 24.3 Å². The molecule has 1 heterocycles. The lowest BCUT2D eigenvalue weighted by molar-refractivity contribution is -0.158. The largest absolute Gasteiger partial charge is 0.480 e. The van der Waals surface area contributed by atoms with Gasteiger partial charge >= 0.3 is 5.97 Å². The number of nitrogens with zero attached hydrogens (tertiary/aromatic N) is 1. The van der Waals surface area contributed by atoms with Gasteiger partial charge in [-0.1, -0.05) is 23.2 Å². The topological polar surface area (TPSA) is 66.8 Å². The Morgan fingerprint density at radius 1 is 1.23 bits per heavy atom. The van der Waals surface area contributed by atoms with Crippen molar-refractivity contribution in [3.05, 3.63) is 33.8 Å². The summed E-state index contributed by atoms with van der Waals surface area (Å²) in [6, 6.07) is 4.36. The molecule has 1 aromatic rings. The molecular weight excluding hydrogens is 329 g/mol. The molecule has 0 spiro atoms. The van der Waals surface area contributed by atoms with Crippen LogP contribution in [0.5, 0.6) is 0 Å². The fraction of sp³-hybridized carbons (Fsp3) is 0.467. The molecule has 2 fully saturated rings. The van der Waals surface area contributed by atoms with Crippen LogP contribution in [0.4, 0.5) is 0 Å². The number of aliphatic carboxylic acids is 1. The van der Waals surface area contributed by atoms with Crippen molar-refractivity contribution in [1.82, 2.24) is 4.90 Å². The molecule has 1 amide bonds. The van der Waals surface area contributed by atoms with Gasteiger partial charge in [0.25, 0.3) is 0 Å². The van der Waals surface area contributed by atoms with Crippen LogP contribution in [0.3, 0.4) is 0 Å². The number of rotatable bonds is 3. The quantitative estimate of drug-likeness (QED) is 0.915. The minimum atomic E-state index is -1.03. The third kappa shape index (κ3) is 3.07. The van der Waals surface area contributed by atoms with E-state index in [4.69, 9.17) is 27.9 Å². The molecule has 3 atom stereocenters. The molecule has 3 rings (SSSR count). The highest BCUT2D eigenvalue weighted by Crippen LogP contribution is 2.49. The lowest BCUT2D eigenvalue weighted by Gasteiger charge is -2.33. The van der Waals surface area contributed by atoms with Gasteiger partial charge in [-0.15, -0.1) is 0 Å². The third-order valence-electron chi connectivity index (χ3n) is 4.12. The molecule has 0 radical (unpaired) electrons. The highest BCUT2D eigenvalue weighted by atomic mass is 35.5. The predicted molar refractivity (Wildman–Crippen MR) is 81.3 cm³/mol. The zero-order valence-electron chi connectivity index (χ0n) is 11.7. The van der Waals surface area contributed by atoms with Crippen LogP contribution in [0, 0.1) is 5.92 Å². The van der Waals surface area contributed by atoms with E-state index in [1.165, 1.54) is 4.90 Å². The van der Waals surface area contributed by atoms with Crippen molar-refractivity contribution >= 4 is 35.1 Å². The van der Waals surface area contributed by atoms with Gasteiger partial charge in [-0.2, -0.15) is 0 Å². The molecule has 1 aromatic carbocycles. The predicted octanol–water partition coefficient (Wildman–Crippen LogP) is 2.41. The summed E-state index contributed by atoms with van der Waals surface area (Å²) in [7, 11) is 0. The normalized spacial score (nSPS) is 27.5. The molecule has 1 aliphatic heterocycles. The Morgan fingerprint density at radius 2 is 1.91 bits per heavy atom. The van der Waals surface area contributed by atoms with Crippen LogP contribution in [0.25, 0.3) is 0 Å².